The largest absolute Gasteiger partial charge is 0.389 e. The summed E-state index contributed by atoms with van der Waals surface area (Å²) in [7, 11) is 0. The molecular weight excluding hydrogens is 309 g/mol. The lowest BCUT2D eigenvalue weighted by atomic mass is 9.97. The Kier molecular flexibility index (Phi) is 6.22. The van der Waals surface area contributed by atoms with Gasteiger partial charge in [0, 0.05) is 32.3 Å². The quantitative estimate of drug-likeness (QED) is 0.866. The first-order chi connectivity index (χ1) is 11.6. The summed E-state index contributed by atoms with van der Waals surface area (Å²) in [5, 5.41) is 10.3. The number of rotatable bonds is 6. The minimum absolute atomic E-state index is 0.192. The first kappa shape index (κ1) is 17.8. The van der Waals surface area contributed by atoms with Gasteiger partial charge in [-0.05, 0) is 49.8 Å². The highest BCUT2D eigenvalue weighted by Crippen LogP contribution is 2.31. The Morgan fingerprint density at radius 2 is 2.00 bits per heavy atom. The molecule has 2 aliphatic rings. The van der Waals surface area contributed by atoms with E-state index in [4.69, 9.17) is 9.47 Å². The van der Waals surface area contributed by atoms with Crippen LogP contribution in [-0.2, 0) is 9.47 Å². The van der Waals surface area contributed by atoms with Crippen molar-refractivity contribution >= 4 is 0 Å². The smallest absolute Gasteiger partial charge is 0.123 e. The summed E-state index contributed by atoms with van der Waals surface area (Å²) in [6.45, 7) is 5.61. The van der Waals surface area contributed by atoms with E-state index >= 15 is 0 Å². The third-order valence-electron chi connectivity index (χ3n) is 5.18. The number of likely N-dealkylation sites (tertiary alicyclic amines) is 1. The Balaban J connectivity index is 1.45. The van der Waals surface area contributed by atoms with Crippen LogP contribution in [0.2, 0.25) is 0 Å². The van der Waals surface area contributed by atoms with Crippen LogP contribution in [-0.4, -0.2) is 61.2 Å². The number of aliphatic hydroxyl groups is 1. The molecule has 2 heterocycles. The molecule has 2 aliphatic heterocycles. The average Bonchev–Trinajstić information content (AvgIpc) is 2.95. The van der Waals surface area contributed by atoms with Gasteiger partial charge in [-0.2, -0.15) is 0 Å². The highest BCUT2D eigenvalue weighted by atomic mass is 19.1. The van der Waals surface area contributed by atoms with Crippen molar-refractivity contribution in [2.45, 2.75) is 50.4 Å². The van der Waals surface area contributed by atoms with Crippen LogP contribution in [0, 0.1) is 5.82 Å². The molecule has 1 aromatic carbocycles. The minimum atomic E-state index is -0.470. The van der Waals surface area contributed by atoms with E-state index in [9.17, 15) is 9.50 Å². The summed E-state index contributed by atoms with van der Waals surface area (Å²) in [5.74, 6) is 0.214. The number of hydrogen-bond acceptors (Lipinski definition) is 4. The number of aliphatic hydroxyl groups excluding tert-OH is 1. The lowest BCUT2D eigenvalue weighted by molar-refractivity contribution is -0.0644. The van der Waals surface area contributed by atoms with Crippen molar-refractivity contribution in [3.05, 3.63) is 35.6 Å². The van der Waals surface area contributed by atoms with Gasteiger partial charge in [0.25, 0.3) is 0 Å². The maximum atomic E-state index is 13.1. The second-order valence-electron chi connectivity index (χ2n) is 7.09. The van der Waals surface area contributed by atoms with Crippen molar-refractivity contribution in [2.24, 2.45) is 0 Å². The zero-order chi connectivity index (χ0) is 16.9. The van der Waals surface area contributed by atoms with Gasteiger partial charge in [0.05, 0.1) is 18.8 Å². The zero-order valence-corrected chi connectivity index (χ0v) is 14.4. The first-order valence-electron chi connectivity index (χ1n) is 8.98. The number of ether oxygens (including phenoxy) is 2. The van der Waals surface area contributed by atoms with Gasteiger partial charge in [-0.25, -0.2) is 4.39 Å². The van der Waals surface area contributed by atoms with Crippen LogP contribution in [0.4, 0.5) is 4.39 Å². The van der Waals surface area contributed by atoms with Crippen molar-refractivity contribution in [2.75, 3.05) is 32.9 Å². The summed E-state index contributed by atoms with van der Waals surface area (Å²) >= 11 is 0. The molecule has 0 aliphatic carbocycles. The molecule has 3 unspecified atom stereocenters. The van der Waals surface area contributed by atoms with Crippen LogP contribution in [0.3, 0.4) is 0 Å². The Bertz CT molecular complexity index is 504. The van der Waals surface area contributed by atoms with Gasteiger partial charge in [0.15, 0.2) is 0 Å². The van der Waals surface area contributed by atoms with Crippen LogP contribution < -0.4 is 0 Å². The molecule has 2 saturated heterocycles. The van der Waals surface area contributed by atoms with E-state index in [1.807, 2.05) is 12.1 Å². The monoisotopic (exact) mass is 337 g/mol. The van der Waals surface area contributed by atoms with Crippen molar-refractivity contribution in [3.8, 4) is 0 Å². The van der Waals surface area contributed by atoms with Gasteiger partial charge in [0.1, 0.15) is 5.82 Å². The van der Waals surface area contributed by atoms with Gasteiger partial charge in [-0.1, -0.05) is 12.1 Å². The fourth-order valence-corrected chi connectivity index (χ4v) is 3.74. The molecular formula is C19H28FNO3. The third-order valence-corrected chi connectivity index (χ3v) is 5.18. The molecule has 4 nitrogen and oxygen atoms in total. The number of hydrogen-bond donors (Lipinski definition) is 1. The molecule has 0 spiro atoms. The zero-order valence-electron chi connectivity index (χ0n) is 14.4. The first-order valence-corrected chi connectivity index (χ1v) is 8.98. The van der Waals surface area contributed by atoms with E-state index < -0.39 is 6.10 Å². The molecule has 0 amide bonds. The topological polar surface area (TPSA) is 41.9 Å². The number of halogens is 1. The lowest BCUT2D eigenvalue weighted by Gasteiger charge is -2.27. The van der Waals surface area contributed by atoms with E-state index in [1.54, 1.807) is 0 Å². The standard InChI is InChI=1S/C19H28FNO3/c1-14-10-16(15-2-4-17(20)5-3-15)11-21(14)12-18(22)13-24-19-6-8-23-9-7-19/h2-5,14,16,18-19,22H,6-13H2,1H3. The van der Waals surface area contributed by atoms with Crippen LogP contribution >= 0.6 is 0 Å². The van der Waals surface area contributed by atoms with Crippen LogP contribution in [0.5, 0.6) is 0 Å². The van der Waals surface area contributed by atoms with Gasteiger partial charge < -0.3 is 14.6 Å². The summed E-state index contributed by atoms with van der Waals surface area (Å²) < 4.78 is 24.2. The Morgan fingerprint density at radius 3 is 2.71 bits per heavy atom. The molecule has 134 valence electrons. The molecule has 3 atom stereocenters. The molecule has 0 bridgehead atoms. The number of nitrogens with zero attached hydrogens (tertiary/aromatic N) is 1. The van der Waals surface area contributed by atoms with Gasteiger partial charge in [-0.3, -0.25) is 4.90 Å². The average molecular weight is 337 g/mol. The second-order valence-corrected chi connectivity index (χ2v) is 7.09. The maximum absolute atomic E-state index is 13.1. The Hall–Kier alpha value is -1.01. The summed E-state index contributed by atoms with van der Waals surface area (Å²) in [6, 6.07) is 7.22. The molecule has 5 heteroatoms. The van der Waals surface area contributed by atoms with E-state index in [1.165, 1.54) is 17.7 Å². The van der Waals surface area contributed by atoms with Gasteiger partial charge in [0.2, 0.25) is 0 Å². The van der Waals surface area contributed by atoms with Crippen molar-refractivity contribution in [1.29, 1.82) is 0 Å². The Morgan fingerprint density at radius 1 is 1.29 bits per heavy atom. The van der Waals surface area contributed by atoms with Crippen LogP contribution in [0.15, 0.2) is 24.3 Å². The predicted molar refractivity (Wildman–Crippen MR) is 90.6 cm³/mol. The van der Waals surface area contributed by atoms with Gasteiger partial charge in [-0.15, -0.1) is 0 Å². The normalized spacial score (nSPS) is 27.5. The fourth-order valence-electron chi connectivity index (χ4n) is 3.74. The summed E-state index contributed by atoms with van der Waals surface area (Å²) in [6.07, 6.45) is 2.62. The number of benzene rings is 1. The highest BCUT2D eigenvalue weighted by molar-refractivity contribution is 5.22. The number of β-amino-alcohol motifs (C(OH)–C–C–N with tert-alkyl or cyclic N) is 1. The van der Waals surface area contributed by atoms with Crippen LogP contribution in [0.1, 0.15) is 37.7 Å². The maximum Gasteiger partial charge on any atom is 0.123 e. The van der Waals surface area contributed by atoms with Crippen molar-refractivity contribution in [3.63, 3.8) is 0 Å². The second kappa shape index (κ2) is 8.39. The van der Waals surface area contributed by atoms with Crippen molar-refractivity contribution < 1.29 is 19.0 Å². The molecule has 1 N–H and O–H groups in total. The molecule has 0 radical (unpaired) electrons. The molecule has 1 aromatic rings. The molecule has 2 fully saturated rings. The lowest BCUT2D eigenvalue weighted by Crippen LogP contribution is -2.38. The highest BCUT2D eigenvalue weighted by Gasteiger charge is 2.31. The third kappa shape index (κ3) is 4.76. The van der Waals surface area contributed by atoms with E-state index in [0.29, 0.717) is 25.1 Å². The van der Waals surface area contributed by atoms with Gasteiger partial charge >= 0.3 is 0 Å². The fraction of sp³-hybridized carbons (Fsp3) is 0.684. The van der Waals surface area contributed by atoms with E-state index in [-0.39, 0.29) is 11.9 Å². The van der Waals surface area contributed by atoms with Crippen molar-refractivity contribution in [1.82, 2.24) is 4.90 Å². The minimum Gasteiger partial charge on any atom is -0.389 e. The molecule has 0 saturated carbocycles. The van der Waals surface area contributed by atoms with E-state index in [0.717, 1.165) is 39.0 Å². The summed E-state index contributed by atoms with van der Waals surface area (Å²) in [5.41, 5.74) is 1.18. The molecule has 3 rings (SSSR count). The molecule has 24 heavy (non-hydrogen) atoms. The predicted octanol–water partition coefficient (Wildman–Crippen LogP) is 2.56. The SMILES string of the molecule is CC1CC(c2ccc(F)cc2)CN1CC(O)COC1CCOCC1. The van der Waals surface area contributed by atoms with Crippen LogP contribution in [0.25, 0.3) is 0 Å². The Labute approximate surface area is 143 Å². The summed E-state index contributed by atoms with van der Waals surface area (Å²) in [4.78, 5) is 2.31. The van der Waals surface area contributed by atoms with E-state index in [2.05, 4.69) is 11.8 Å². The molecule has 0 aromatic heterocycles.